The van der Waals surface area contributed by atoms with Crippen LogP contribution in [0.25, 0.3) is 0 Å². The highest BCUT2D eigenvalue weighted by atomic mass is 32.1. The fourth-order valence-electron chi connectivity index (χ4n) is 3.22. The van der Waals surface area contributed by atoms with Crippen LogP contribution < -0.4 is 14.8 Å². The van der Waals surface area contributed by atoms with Crippen molar-refractivity contribution in [2.75, 3.05) is 26.1 Å². The summed E-state index contributed by atoms with van der Waals surface area (Å²) in [6.07, 6.45) is 4.36. The van der Waals surface area contributed by atoms with Gasteiger partial charge in [-0.2, -0.15) is 0 Å². The Kier molecular flexibility index (Phi) is 5.81. The van der Waals surface area contributed by atoms with E-state index in [1.54, 1.807) is 31.6 Å². The van der Waals surface area contributed by atoms with Crippen molar-refractivity contribution in [2.45, 2.75) is 31.7 Å². The predicted molar refractivity (Wildman–Crippen MR) is 101 cm³/mol. The molecule has 25 heavy (non-hydrogen) atoms. The highest BCUT2D eigenvalue weighted by molar-refractivity contribution is 7.10. The van der Waals surface area contributed by atoms with Gasteiger partial charge < -0.3 is 19.7 Å². The first-order valence-corrected chi connectivity index (χ1v) is 9.44. The molecule has 1 unspecified atom stereocenters. The molecular weight excluding hydrogens is 336 g/mol. The van der Waals surface area contributed by atoms with Gasteiger partial charge in [0.1, 0.15) is 11.5 Å². The van der Waals surface area contributed by atoms with E-state index in [9.17, 15) is 4.79 Å². The minimum absolute atomic E-state index is 0.0798. The van der Waals surface area contributed by atoms with Crippen LogP contribution in [0.4, 0.5) is 10.5 Å². The molecule has 0 spiro atoms. The third kappa shape index (κ3) is 4.07. The highest BCUT2D eigenvalue weighted by Crippen LogP contribution is 2.34. The fourth-order valence-corrected chi connectivity index (χ4v) is 4.09. The molecule has 1 aromatic heterocycles. The average molecular weight is 360 g/mol. The van der Waals surface area contributed by atoms with Crippen molar-refractivity contribution in [3.63, 3.8) is 0 Å². The third-order valence-corrected chi connectivity index (χ3v) is 5.51. The molecule has 0 saturated carbocycles. The van der Waals surface area contributed by atoms with Crippen molar-refractivity contribution < 1.29 is 14.3 Å². The smallest absolute Gasteiger partial charge is 0.322 e. The van der Waals surface area contributed by atoms with Gasteiger partial charge in [0.25, 0.3) is 0 Å². The monoisotopic (exact) mass is 360 g/mol. The van der Waals surface area contributed by atoms with Crippen LogP contribution in [0, 0.1) is 0 Å². The lowest BCUT2D eigenvalue weighted by molar-refractivity contribution is 0.190. The number of carbonyl (C=O) groups is 1. The quantitative estimate of drug-likeness (QED) is 0.842. The molecule has 1 saturated heterocycles. The van der Waals surface area contributed by atoms with Gasteiger partial charge in [0, 0.05) is 17.5 Å². The van der Waals surface area contributed by atoms with Gasteiger partial charge >= 0.3 is 6.03 Å². The van der Waals surface area contributed by atoms with Crippen molar-refractivity contribution in [3.05, 3.63) is 40.6 Å². The van der Waals surface area contributed by atoms with Gasteiger partial charge in [-0.1, -0.05) is 18.9 Å². The van der Waals surface area contributed by atoms with Gasteiger partial charge in [0.15, 0.2) is 0 Å². The van der Waals surface area contributed by atoms with E-state index in [1.165, 1.54) is 4.88 Å². The van der Waals surface area contributed by atoms with E-state index in [-0.39, 0.29) is 12.1 Å². The number of nitrogens with one attached hydrogen (secondary N) is 1. The molecule has 1 fully saturated rings. The molecule has 5 nitrogen and oxygen atoms in total. The lowest BCUT2D eigenvalue weighted by atomic mass is 10.1. The fraction of sp³-hybridized carbons (Fsp3) is 0.421. The maximum absolute atomic E-state index is 13.0. The summed E-state index contributed by atoms with van der Waals surface area (Å²) in [5.41, 5.74) is 0.655. The zero-order valence-corrected chi connectivity index (χ0v) is 15.5. The maximum Gasteiger partial charge on any atom is 0.322 e. The second-order valence-corrected chi connectivity index (χ2v) is 7.05. The Labute approximate surface area is 152 Å². The lowest BCUT2D eigenvalue weighted by Gasteiger charge is -2.29. The number of hydrogen-bond donors (Lipinski definition) is 1. The van der Waals surface area contributed by atoms with E-state index >= 15 is 0 Å². The number of amides is 2. The summed E-state index contributed by atoms with van der Waals surface area (Å²) in [7, 11) is 3.20. The van der Waals surface area contributed by atoms with Crippen molar-refractivity contribution in [1.29, 1.82) is 0 Å². The van der Waals surface area contributed by atoms with Crippen LogP contribution in [0.3, 0.4) is 0 Å². The number of rotatable bonds is 4. The number of carbonyl (C=O) groups excluding carboxylic acids is 1. The molecule has 0 radical (unpaired) electrons. The van der Waals surface area contributed by atoms with E-state index in [0.29, 0.717) is 17.2 Å². The molecule has 6 heteroatoms. The van der Waals surface area contributed by atoms with E-state index in [2.05, 4.69) is 16.8 Å². The number of anilines is 1. The minimum Gasteiger partial charge on any atom is -0.497 e. The van der Waals surface area contributed by atoms with Gasteiger partial charge in [-0.3, -0.25) is 0 Å². The zero-order valence-electron chi connectivity index (χ0n) is 14.7. The second-order valence-electron chi connectivity index (χ2n) is 6.07. The summed E-state index contributed by atoms with van der Waals surface area (Å²) >= 11 is 1.72. The molecule has 2 heterocycles. The first-order valence-electron chi connectivity index (χ1n) is 8.56. The zero-order chi connectivity index (χ0) is 17.6. The van der Waals surface area contributed by atoms with E-state index in [0.717, 1.165) is 32.2 Å². The van der Waals surface area contributed by atoms with Crippen molar-refractivity contribution in [1.82, 2.24) is 4.90 Å². The number of methoxy groups -OCH3 is 2. The third-order valence-electron chi connectivity index (χ3n) is 4.54. The molecule has 1 atom stereocenters. The Morgan fingerprint density at radius 2 is 2.08 bits per heavy atom. The molecule has 1 aromatic carbocycles. The van der Waals surface area contributed by atoms with Gasteiger partial charge in [0.05, 0.1) is 25.9 Å². The summed E-state index contributed by atoms with van der Waals surface area (Å²) in [5.74, 6) is 1.29. The molecule has 3 rings (SSSR count). The number of thiophene rings is 1. The van der Waals surface area contributed by atoms with Gasteiger partial charge in [0.2, 0.25) is 0 Å². The molecule has 0 bridgehead atoms. The number of ether oxygens (including phenoxy) is 2. The Balaban J connectivity index is 1.80. The number of likely N-dealkylation sites (tertiary alicyclic amines) is 1. The largest absolute Gasteiger partial charge is 0.497 e. The van der Waals surface area contributed by atoms with Crippen LogP contribution in [0.15, 0.2) is 35.7 Å². The van der Waals surface area contributed by atoms with Crippen LogP contribution in [-0.4, -0.2) is 31.7 Å². The van der Waals surface area contributed by atoms with Crippen LogP contribution in [-0.2, 0) is 0 Å². The number of nitrogens with zero attached hydrogens (tertiary/aromatic N) is 1. The molecule has 1 N–H and O–H groups in total. The topological polar surface area (TPSA) is 50.8 Å². The van der Waals surface area contributed by atoms with E-state index in [1.807, 2.05) is 23.1 Å². The molecule has 134 valence electrons. The number of benzene rings is 1. The van der Waals surface area contributed by atoms with Gasteiger partial charge in [-0.25, -0.2) is 4.79 Å². The maximum atomic E-state index is 13.0. The predicted octanol–water partition coefficient (Wildman–Crippen LogP) is 4.91. The standard InChI is InChI=1S/C19H24N2O3S/c1-23-14-9-10-15(17(13-14)24-2)20-19(22)21-11-5-3-4-7-16(21)18-8-6-12-25-18/h6,8-10,12-13,16H,3-5,7,11H2,1-2H3,(H,20,22). The molecule has 1 aliphatic heterocycles. The number of urea groups is 1. The Morgan fingerprint density at radius 1 is 1.20 bits per heavy atom. The van der Waals surface area contributed by atoms with E-state index in [4.69, 9.17) is 9.47 Å². The Morgan fingerprint density at radius 3 is 2.80 bits per heavy atom. The van der Waals surface area contributed by atoms with E-state index < -0.39 is 0 Å². The molecule has 1 aliphatic rings. The molecule has 2 aromatic rings. The van der Waals surface area contributed by atoms with Crippen molar-refractivity contribution >= 4 is 23.1 Å². The normalized spacial score (nSPS) is 17.7. The van der Waals surface area contributed by atoms with Crippen molar-refractivity contribution in [2.24, 2.45) is 0 Å². The van der Waals surface area contributed by atoms with Gasteiger partial charge in [-0.05, 0) is 36.4 Å². The summed E-state index contributed by atoms with van der Waals surface area (Å²) in [6, 6.07) is 9.64. The van der Waals surface area contributed by atoms with Crippen molar-refractivity contribution in [3.8, 4) is 11.5 Å². The second kappa shape index (κ2) is 8.25. The highest BCUT2D eigenvalue weighted by Gasteiger charge is 2.28. The SMILES string of the molecule is COc1ccc(NC(=O)N2CCCCCC2c2cccs2)c(OC)c1. The Bertz CT molecular complexity index is 703. The molecule has 0 aliphatic carbocycles. The van der Waals surface area contributed by atoms with Crippen LogP contribution in [0.2, 0.25) is 0 Å². The summed E-state index contributed by atoms with van der Waals surface area (Å²) < 4.78 is 10.6. The first kappa shape index (κ1) is 17.6. The van der Waals surface area contributed by atoms with Crippen LogP contribution in [0.1, 0.15) is 36.6 Å². The van der Waals surface area contributed by atoms with Crippen LogP contribution in [0.5, 0.6) is 11.5 Å². The summed E-state index contributed by atoms with van der Waals surface area (Å²) in [5, 5.41) is 5.09. The molecule has 2 amide bonds. The van der Waals surface area contributed by atoms with Gasteiger partial charge in [-0.15, -0.1) is 11.3 Å². The minimum atomic E-state index is -0.0798. The summed E-state index contributed by atoms with van der Waals surface area (Å²) in [6.45, 7) is 0.771. The van der Waals surface area contributed by atoms with Crippen LogP contribution >= 0.6 is 11.3 Å². The average Bonchev–Trinajstić information content (AvgIpc) is 3.06. The lowest BCUT2D eigenvalue weighted by Crippen LogP contribution is -2.37. The first-order chi connectivity index (χ1) is 12.2. The Hall–Kier alpha value is -2.21. The number of hydrogen-bond acceptors (Lipinski definition) is 4. The molecular formula is C19H24N2O3S. The summed E-state index contributed by atoms with van der Waals surface area (Å²) in [4.78, 5) is 16.2.